The molecule has 0 saturated heterocycles. The molecule has 6 heteroatoms. The van der Waals surface area contributed by atoms with E-state index in [-0.39, 0.29) is 6.10 Å². The number of nitrogens with zero attached hydrogens (tertiary/aromatic N) is 2. The second-order valence-corrected chi connectivity index (χ2v) is 6.86. The molecule has 0 fully saturated rings. The van der Waals surface area contributed by atoms with Crippen molar-refractivity contribution in [1.29, 1.82) is 0 Å². The molecule has 2 N–H and O–H groups in total. The van der Waals surface area contributed by atoms with Crippen molar-refractivity contribution in [2.45, 2.75) is 33.8 Å². The first-order valence-electron chi connectivity index (χ1n) is 9.24. The third-order valence-electron chi connectivity index (χ3n) is 3.95. The molecule has 0 amide bonds. The molecule has 0 spiro atoms. The molecule has 1 aromatic heterocycles. The van der Waals surface area contributed by atoms with Gasteiger partial charge in [-0.1, -0.05) is 6.07 Å². The Morgan fingerprint density at radius 1 is 0.893 bits per heavy atom. The maximum absolute atomic E-state index is 5.68. The van der Waals surface area contributed by atoms with Gasteiger partial charge in [0.25, 0.3) is 0 Å². The van der Waals surface area contributed by atoms with Crippen molar-refractivity contribution >= 4 is 23.1 Å². The number of benzene rings is 2. The SMILES string of the molecule is COc1ccc(C)cc1Nc1nc(C)cc(Nc2ccc(OC(C)C)cc2)n1. The van der Waals surface area contributed by atoms with Gasteiger partial charge in [0.1, 0.15) is 17.3 Å². The molecule has 1 heterocycles. The van der Waals surface area contributed by atoms with Crippen LogP contribution in [0.15, 0.2) is 48.5 Å². The van der Waals surface area contributed by atoms with Crippen LogP contribution in [0, 0.1) is 13.8 Å². The van der Waals surface area contributed by atoms with Crippen molar-refractivity contribution in [3.8, 4) is 11.5 Å². The molecular weight excluding hydrogens is 352 g/mol. The fourth-order valence-corrected chi connectivity index (χ4v) is 2.77. The molecule has 0 atom stereocenters. The predicted octanol–water partition coefficient (Wildman–Crippen LogP) is 5.38. The van der Waals surface area contributed by atoms with E-state index < -0.39 is 0 Å². The lowest BCUT2D eigenvalue weighted by Gasteiger charge is -2.13. The minimum Gasteiger partial charge on any atom is -0.495 e. The summed E-state index contributed by atoms with van der Waals surface area (Å²) < 4.78 is 11.1. The van der Waals surface area contributed by atoms with Crippen molar-refractivity contribution < 1.29 is 9.47 Å². The van der Waals surface area contributed by atoms with E-state index in [9.17, 15) is 0 Å². The normalized spacial score (nSPS) is 10.6. The fraction of sp³-hybridized carbons (Fsp3) is 0.273. The first-order valence-corrected chi connectivity index (χ1v) is 9.24. The maximum Gasteiger partial charge on any atom is 0.229 e. The van der Waals surface area contributed by atoms with Crippen molar-refractivity contribution in [3.63, 3.8) is 0 Å². The van der Waals surface area contributed by atoms with Crippen LogP contribution in [0.1, 0.15) is 25.1 Å². The number of hydrogen-bond donors (Lipinski definition) is 2. The Kier molecular flexibility index (Phi) is 5.99. The maximum atomic E-state index is 5.68. The Morgan fingerprint density at radius 3 is 2.32 bits per heavy atom. The van der Waals surface area contributed by atoms with E-state index in [2.05, 4.69) is 20.6 Å². The summed E-state index contributed by atoms with van der Waals surface area (Å²) in [6.07, 6.45) is 0.149. The molecule has 0 aliphatic heterocycles. The van der Waals surface area contributed by atoms with Crippen LogP contribution in [0.3, 0.4) is 0 Å². The van der Waals surface area contributed by atoms with Gasteiger partial charge in [-0.2, -0.15) is 4.98 Å². The van der Waals surface area contributed by atoms with Crippen molar-refractivity contribution in [1.82, 2.24) is 9.97 Å². The van der Waals surface area contributed by atoms with E-state index in [1.807, 2.05) is 76.2 Å². The van der Waals surface area contributed by atoms with Gasteiger partial charge in [0.2, 0.25) is 5.95 Å². The quantitative estimate of drug-likeness (QED) is 0.575. The molecule has 0 unspecified atom stereocenters. The molecule has 3 rings (SSSR count). The van der Waals surface area contributed by atoms with Gasteiger partial charge >= 0.3 is 0 Å². The molecule has 6 nitrogen and oxygen atoms in total. The number of hydrogen-bond acceptors (Lipinski definition) is 6. The van der Waals surface area contributed by atoms with E-state index in [1.54, 1.807) is 7.11 Å². The Bertz CT molecular complexity index is 940. The lowest BCUT2D eigenvalue weighted by atomic mass is 10.2. The summed E-state index contributed by atoms with van der Waals surface area (Å²) >= 11 is 0. The van der Waals surface area contributed by atoms with Gasteiger partial charge in [-0.05, 0) is 69.7 Å². The molecule has 0 bridgehead atoms. The second kappa shape index (κ2) is 8.61. The van der Waals surface area contributed by atoms with Gasteiger partial charge in [0.05, 0.1) is 18.9 Å². The van der Waals surface area contributed by atoms with Crippen LogP contribution < -0.4 is 20.1 Å². The summed E-state index contributed by atoms with van der Waals surface area (Å²) in [4.78, 5) is 9.06. The van der Waals surface area contributed by atoms with Crippen LogP contribution in [0.2, 0.25) is 0 Å². The lowest BCUT2D eigenvalue weighted by Crippen LogP contribution is -2.05. The zero-order valence-electron chi connectivity index (χ0n) is 16.9. The summed E-state index contributed by atoms with van der Waals surface area (Å²) in [5, 5.41) is 6.57. The van der Waals surface area contributed by atoms with Gasteiger partial charge in [-0.15, -0.1) is 0 Å². The number of anilines is 4. The summed E-state index contributed by atoms with van der Waals surface area (Å²) in [5.74, 6) is 2.80. The minimum absolute atomic E-state index is 0.149. The summed E-state index contributed by atoms with van der Waals surface area (Å²) in [6, 6.07) is 15.6. The number of aromatic nitrogens is 2. The molecule has 0 radical (unpaired) electrons. The van der Waals surface area contributed by atoms with Crippen molar-refractivity contribution in [3.05, 3.63) is 59.8 Å². The Morgan fingerprint density at radius 2 is 1.64 bits per heavy atom. The van der Waals surface area contributed by atoms with Gasteiger partial charge in [0, 0.05) is 17.4 Å². The largest absolute Gasteiger partial charge is 0.495 e. The minimum atomic E-state index is 0.149. The first kappa shape index (κ1) is 19.5. The van der Waals surface area contributed by atoms with Crippen LogP contribution in [-0.4, -0.2) is 23.2 Å². The van der Waals surface area contributed by atoms with Crippen molar-refractivity contribution in [2.24, 2.45) is 0 Å². The number of rotatable bonds is 7. The van der Waals surface area contributed by atoms with E-state index in [0.717, 1.165) is 34.1 Å². The van der Waals surface area contributed by atoms with Crippen LogP contribution in [0.4, 0.5) is 23.1 Å². The first-order chi connectivity index (χ1) is 13.4. The third kappa shape index (κ3) is 5.13. The monoisotopic (exact) mass is 378 g/mol. The zero-order chi connectivity index (χ0) is 20.1. The van der Waals surface area contributed by atoms with Gasteiger partial charge in [0.15, 0.2) is 0 Å². The molecule has 2 aromatic carbocycles. The molecule has 0 aliphatic carbocycles. The van der Waals surface area contributed by atoms with E-state index >= 15 is 0 Å². The topological polar surface area (TPSA) is 68.3 Å². The van der Waals surface area contributed by atoms with Crippen molar-refractivity contribution in [2.75, 3.05) is 17.7 Å². The van der Waals surface area contributed by atoms with Crippen LogP contribution in [-0.2, 0) is 0 Å². The third-order valence-corrected chi connectivity index (χ3v) is 3.95. The summed E-state index contributed by atoms with van der Waals surface area (Å²) in [5.41, 5.74) is 3.73. The Balaban J connectivity index is 1.79. The smallest absolute Gasteiger partial charge is 0.229 e. The molecular formula is C22H26N4O2. The molecule has 146 valence electrons. The van der Waals surface area contributed by atoms with E-state index in [1.165, 1.54) is 0 Å². The predicted molar refractivity (Wildman–Crippen MR) is 113 cm³/mol. The summed E-state index contributed by atoms with van der Waals surface area (Å²) in [6.45, 7) is 7.98. The van der Waals surface area contributed by atoms with Gasteiger partial charge in [-0.25, -0.2) is 4.98 Å². The fourth-order valence-electron chi connectivity index (χ4n) is 2.77. The number of ether oxygens (including phenoxy) is 2. The number of nitrogens with one attached hydrogen (secondary N) is 2. The highest BCUT2D eigenvalue weighted by Crippen LogP contribution is 2.28. The average Bonchev–Trinajstić information content (AvgIpc) is 2.63. The Labute approximate surface area is 166 Å². The van der Waals surface area contributed by atoms with E-state index in [4.69, 9.17) is 9.47 Å². The Hall–Kier alpha value is -3.28. The highest BCUT2D eigenvalue weighted by molar-refractivity contribution is 5.65. The average molecular weight is 378 g/mol. The van der Waals surface area contributed by atoms with Gasteiger partial charge in [-0.3, -0.25) is 0 Å². The second-order valence-electron chi connectivity index (χ2n) is 6.86. The molecule has 3 aromatic rings. The highest BCUT2D eigenvalue weighted by Gasteiger charge is 2.08. The van der Waals surface area contributed by atoms with Crippen LogP contribution in [0.25, 0.3) is 0 Å². The van der Waals surface area contributed by atoms with Crippen LogP contribution in [0.5, 0.6) is 11.5 Å². The van der Waals surface area contributed by atoms with Crippen LogP contribution >= 0.6 is 0 Å². The van der Waals surface area contributed by atoms with Gasteiger partial charge < -0.3 is 20.1 Å². The standard InChI is InChI=1S/C22H26N4O2/c1-14(2)28-18-9-7-17(8-10-18)24-21-13-16(4)23-22(26-21)25-19-12-15(3)6-11-20(19)27-5/h6-14H,1-5H3,(H2,23,24,25,26). The van der Waals surface area contributed by atoms with E-state index in [0.29, 0.717) is 11.8 Å². The molecule has 28 heavy (non-hydrogen) atoms. The zero-order valence-corrected chi connectivity index (χ0v) is 16.9. The highest BCUT2D eigenvalue weighted by atomic mass is 16.5. The number of aryl methyl sites for hydroxylation is 2. The number of methoxy groups -OCH3 is 1. The summed E-state index contributed by atoms with van der Waals surface area (Å²) in [7, 11) is 1.65. The molecule has 0 aliphatic rings. The lowest BCUT2D eigenvalue weighted by molar-refractivity contribution is 0.242. The molecule has 0 saturated carbocycles.